The van der Waals surface area contributed by atoms with Crippen molar-refractivity contribution in [2.75, 3.05) is 12.8 Å². The molecule has 0 saturated carbocycles. The largest absolute Gasteiger partial charge is 0.467 e. The number of carbonyl (C=O) groups excluding carboxylic acids is 2. The number of aromatic nitrogens is 1. The zero-order chi connectivity index (χ0) is 14.9. The van der Waals surface area contributed by atoms with Crippen molar-refractivity contribution in [3.8, 4) is 0 Å². The summed E-state index contributed by atoms with van der Waals surface area (Å²) in [5, 5.41) is 3.09. The second kappa shape index (κ2) is 5.09. The fraction of sp³-hybridized carbons (Fsp3) is 0.308. The number of thiazole rings is 1. The van der Waals surface area contributed by atoms with Gasteiger partial charge in [0.1, 0.15) is 5.54 Å². The summed E-state index contributed by atoms with van der Waals surface area (Å²) in [6.45, 7) is 3.17. The van der Waals surface area contributed by atoms with Gasteiger partial charge in [-0.3, -0.25) is 4.79 Å². The van der Waals surface area contributed by atoms with Crippen LogP contribution in [-0.2, 0) is 9.53 Å². The SMILES string of the molecule is COC(=O)C(C)(C)NC(=O)c1ccc2nc(N)sc2c1. The number of fused-ring (bicyclic) bond motifs is 1. The van der Waals surface area contributed by atoms with Gasteiger partial charge in [0.25, 0.3) is 5.91 Å². The van der Waals surface area contributed by atoms with Crippen molar-refractivity contribution in [1.29, 1.82) is 0 Å². The van der Waals surface area contributed by atoms with Gasteiger partial charge in [0.05, 0.1) is 17.3 Å². The molecule has 0 spiro atoms. The van der Waals surface area contributed by atoms with E-state index in [1.165, 1.54) is 18.4 Å². The number of esters is 1. The molecule has 6 nitrogen and oxygen atoms in total. The molecule has 1 heterocycles. The van der Waals surface area contributed by atoms with Gasteiger partial charge in [-0.1, -0.05) is 11.3 Å². The maximum absolute atomic E-state index is 12.2. The Balaban J connectivity index is 2.25. The molecule has 0 bridgehead atoms. The number of benzene rings is 1. The van der Waals surface area contributed by atoms with Gasteiger partial charge in [-0.25, -0.2) is 9.78 Å². The van der Waals surface area contributed by atoms with Crippen LogP contribution in [0.25, 0.3) is 10.2 Å². The molecule has 106 valence electrons. The highest BCUT2D eigenvalue weighted by atomic mass is 32.1. The van der Waals surface area contributed by atoms with E-state index >= 15 is 0 Å². The number of ether oxygens (including phenoxy) is 1. The summed E-state index contributed by atoms with van der Waals surface area (Å²) < 4.78 is 5.47. The Kier molecular flexibility index (Phi) is 3.63. The first-order chi connectivity index (χ1) is 9.33. The fourth-order valence-electron chi connectivity index (χ4n) is 1.75. The second-order valence-electron chi connectivity index (χ2n) is 4.81. The Morgan fingerprint density at radius 2 is 2.10 bits per heavy atom. The normalized spacial score (nSPS) is 11.3. The molecule has 2 rings (SSSR count). The van der Waals surface area contributed by atoms with Crippen molar-refractivity contribution in [2.45, 2.75) is 19.4 Å². The number of hydrogen-bond acceptors (Lipinski definition) is 6. The van der Waals surface area contributed by atoms with Crippen LogP contribution in [0.15, 0.2) is 18.2 Å². The average molecular weight is 293 g/mol. The van der Waals surface area contributed by atoms with Crippen molar-refractivity contribution in [3.63, 3.8) is 0 Å². The number of methoxy groups -OCH3 is 1. The lowest BCUT2D eigenvalue weighted by Crippen LogP contribution is -2.50. The van der Waals surface area contributed by atoms with E-state index in [2.05, 4.69) is 15.0 Å². The minimum absolute atomic E-state index is 0.353. The van der Waals surface area contributed by atoms with E-state index in [0.29, 0.717) is 10.7 Å². The molecule has 0 aliphatic heterocycles. The maximum Gasteiger partial charge on any atom is 0.330 e. The van der Waals surface area contributed by atoms with Crippen LogP contribution < -0.4 is 11.1 Å². The number of hydrogen-bond donors (Lipinski definition) is 2. The summed E-state index contributed by atoms with van der Waals surface area (Å²) in [4.78, 5) is 27.8. The third kappa shape index (κ3) is 2.72. The highest BCUT2D eigenvalue weighted by molar-refractivity contribution is 7.22. The number of rotatable bonds is 3. The number of nitrogens with two attached hydrogens (primary N) is 1. The number of anilines is 1. The van der Waals surface area contributed by atoms with E-state index in [4.69, 9.17) is 5.73 Å². The molecule has 0 aliphatic carbocycles. The minimum Gasteiger partial charge on any atom is -0.467 e. The van der Waals surface area contributed by atoms with Crippen molar-refractivity contribution in [3.05, 3.63) is 23.8 Å². The Bertz CT molecular complexity index is 679. The van der Waals surface area contributed by atoms with E-state index in [9.17, 15) is 9.59 Å². The van der Waals surface area contributed by atoms with E-state index in [1.807, 2.05) is 0 Å². The number of nitrogens with one attached hydrogen (secondary N) is 1. The van der Waals surface area contributed by atoms with Crippen LogP contribution >= 0.6 is 11.3 Å². The Morgan fingerprint density at radius 3 is 2.75 bits per heavy atom. The summed E-state index contributed by atoms with van der Waals surface area (Å²) >= 11 is 1.31. The molecule has 0 unspecified atom stereocenters. The summed E-state index contributed by atoms with van der Waals surface area (Å²) in [6.07, 6.45) is 0. The first-order valence-electron chi connectivity index (χ1n) is 5.90. The Morgan fingerprint density at radius 1 is 1.40 bits per heavy atom. The number of amides is 1. The van der Waals surface area contributed by atoms with Crippen molar-refractivity contribution >= 4 is 38.6 Å². The van der Waals surface area contributed by atoms with Crippen LogP contribution in [-0.4, -0.2) is 29.5 Å². The molecule has 0 atom stereocenters. The quantitative estimate of drug-likeness (QED) is 0.837. The van der Waals surface area contributed by atoms with Crippen LogP contribution in [0.4, 0.5) is 5.13 Å². The monoisotopic (exact) mass is 293 g/mol. The van der Waals surface area contributed by atoms with Crippen LogP contribution in [0, 0.1) is 0 Å². The second-order valence-corrected chi connectivity index (χ2v) is 5.87. The molecule has 1 aromatic heterocycles. The van der Waals surface area contributed by atoms with Crippen molar-refractivity contribution < 1.29 is 14.3 Å². The highest BCUT2D eigenvalue weighted by Crippen LogP contribution is 2.24. The van der Waals surface area contributed by atoms with Gasteiger partial charge in [-0.2, -0.15) is 0 Å². The predicted molar refractivity (Wildman–Crippen MR) is 77.6 cm³/mol. The molecule has 0 aliphatic rings. The summed E-state index contributed by atoms with van der Waals surface area (Å²) in [5.41, 5.74) is 5.72. The Hall–Kier alpha value is -2.15. The lowest BCUT2D eigenvalue weighted by molar-refractivity contribution is -0.146. The summed E-state index contributed by atoms with van der Waals surface area (Å²) in [7, 11) is 1.28. The van der Waals surface area contributed by atoms with E-state index in [-0.39, 0.29) is 5.91 Å². The topological polar surface area (TPSA) is 94.3 Å². The molecule has 2 aromatic rings. The summed E-state index contributed by atoms with van der Waals surface area (Å²) in [5.74, 6) is -0.858. The smallest absolute Gasteiger partial charge is 0.330 e. The molecule has 0 radical (unpaired) electrons. The highest BCUT2D eigenvalue weighted by Gasteiger charge is 2.30. The molecule has 0 saturated heterocycles. The lowest BCUT2D eigenvalue weighted by Gasteiger charge is -2.23. The molecule has 3 N–H and O–H groups in total. The van der Waals surface area contributed by atoms with E-state index in [1.54, 1.807) is 32.0 Å². The summed E-state index contributed by atoms with van der Waals surface area (Å²) in [6, 6.07) is 5.07. The van der Waals surface area contributed by atoms with Crippen molar-refractivity contribution in [2.24, 2.45) is 0 Å². The first-order valence-corrected chi connectivity index (χ1v) is 6.72. The van der Waals surface area contributed by atoms with Gasteiger partial charge < -0.3 is 15.8 Å². The lowest BCUT2D eigenvalue weighted by atomic mass is 10.1. The number of nitrogens with zero attached hydrogens (tertiary/aromatic N) is 1. The minimum atomic E-state index is -1.09. The maximum atomic E-state index is 12.2. The molecular weight excluding hydrogens is 278 g/mol. The standard InChI is InChI=1S/C13H15N3O3S/c1-13(2,11(18)19-3)16-10(17)7-4-5-8-9(6-7)20-12(14)15-8/h4-6H,1-3H3,(H2,14,15)(H,16,17). The molecule has 0 fully saturated rings. The third-order valence-corrected chi connectivity index (χ3v) is 3.64. The van der Waals surface area contributed by atoms with Crippen LogP contribution in [0.1, 0.15) is 24.2 Å². The van der Waals surface area contributed by atoms with Crippen molar-refractivity contribution in [1.82, 2.24) is 10.3 Å². The van der Waals surface area contributed by atoms with Gasteiger partial charge >= 0.3 is 5.97 Å². The van der Waals surface area contributed by atoms with Gasteiger partial charge in [0.15, 0.2) is 5.13 Å². The third-order valence-electron chi connectivity index (χ3n) is 2.79. The fourth-order valence-corrected chi connectivity index (χ4v) is 2.52. The zero-order valence-corrected chi connectivity index (χ0v) is 12.2. The Labute approximate surface area is 119 Å². The molecule has 20 heavy (non-hydrogen) atoms. The van der Waals surface area contributed by atoms with Crippen LogP contribution in [0.2, 0.25) is 0 Å². The van der Waals surface area contributed by atoms with Gasteiger partial charge in [0.2, 0.25) is 0 Å². The van der Waals surface area contributed by atoms with E-state index in [0.717, 1.165) is 10.2 Å². The van der Waals surface area contributed by atoms with Crippen LogP contribution in [0.5, 0.6) is 0 Å². The number of carbonyl (C=O) groups is 2. The predicted octanol–water partition coefficient (Wildman–Crippen LogP) is 1.56. The molecular formula is C13H15N3O3S. The first kappa shape index (κ1) is 14.3. The van der Waals surface area contributed by atoms with Gasteiger partial charge in [-0.05, 0) is 32.0 Å². The van der Waals surface area contributed by atoms with Crippen LogP contribution in [0.3, 0.4) is 0 Å². The van der Waals surface area contributed by atoms with E-state index < -0.39 is 11.5 Å². The van der Waals surface area contributed by atoms with Gasteiger partial charge in [0, 0.05) is 5.56 Å². The molecule has 7 heteroatoms. The molecule has 1 amide bonds. The van der Waals surface area contributed by atoms with Gasteiger partial charge in [-0.15, -0.1) is 0 Å². The zero-order valence-electron chi connectivity index (χ0n) is 11.4. The average Bonchev–Trinajstić information content (AvgIpc) is 2.75. The molecule has 1 aromatic carbocycles. The number of nitrogen functional groups attached to an aromatic ring is 1.